The zero-order chi connectivity index (χ0) is 20.3. The molecule has 0 unspecified atom stereocenters. The van der Waals surface area contributed by atoms with Crippen LogP contribution in [0.1, 0.15) is 13.8 Å². The normalized spacial score (nSPS) is 11.6. The highest BCUT2D eigenvalue weighted by Crippen LogP contribution is 2.20. The van der Waals surface area contributed by atoms with E-state index in [2.05, 4.69) is 29.1 Å². The summed E-state index contributed by atoms with van der Waals surface area (Å²) in [7, 11) is -3.24. The molecule has 146 valence electrons. The molecule has 28 heavy (non-hydrogen) atoms. The van der Waals surface area contributed by atoms with Gasteiger partial charge in [0.15, 0.2) is 9.84 Å². The molecule has 0 spiro atoms. The van der Waals surface area contributed by atoms with Crippen LogP contribution in [-0.2, 0) is 16.4 Å². The maximum absolute atomic E-state index is 12.0. The number of hydrogen-bond acceptors (Lipinski definition) is 6. The minimum atomic E-state index is -3.24. The number of aromatic nitrogens is 3. The number of nitrogens with zero attached hydrogens (tertiary/aromatic N) is 3. The number of pyridine rings is 1. The number of sulfone groups is 1. The van der Waals surface area contributed by atoms with Crippen molar-refractivity contribution in [1.29, 1.82) is 0 Å². The fourth-order valence-corrected chi connectivity index (χ4v) is 3.34. The Balaban J connectivity index is 1.86. The summed E-state index contributed by atoms with van der Waals surface area (Å²) in [4.78, 5) is 21.0. The van der Waals surface area contributed by atoms with Crippen LogP contribution in [0.4, 0.5) is 11.6 Å². The Kier molecular flexibility index (Phi) is 5.60. The minimum Gasteiger partial charge on any atom is -0.324 e. The highest BCUT2D eigenvalue weighted by atomic mass is 32.2. The number of benzene rings is 1. The molecule has 0 aliphatic heterocycles. The van der Waals surface area contributed by atoms with Crippen LogP contribution in [0.25, 0.3) is 11.3 Å². The molecule has 3 rings (SSSR count). The summed E-state index contributed by atoms with van der Waals surface area (Å²) in [5.74, 6) is 0.733. The number of nitrogens with one attached hydrogen (secondary N) is 1. The highest BCUT2D eigenvalue weighted by molar-refractivity contribution is 7.90. The van der Waals surface area contributed by atoms with Crippen LogP contribution in [0.15, 0.2) is 64.5 Å². The fourth-order valence-electron chi connectivity index (χ4n) is 2.71. The van der Waals surface area contributed by atoms with Crippen molar-refractivity contribution in [3.05, 3.63) is 65.2 Å². The molecule has 7 nitrogen and oxygen atoms in total. The predicted octanol–water partition coefficient (Wildman–Crippen LogP) is 3.11. The SMILES string of the molecule is CC(C)Cn1cc(-c2ccnc(Nc3ccc(S(C)(=O)=O)cc3)n2)ccc1=O. The second kappa shape index (κ2) is 7.93. The molecule has 0 atom stereocenters. The van der Waals surface area contributed by atoms with Crippen molar-refractivity contribution in [2.45, 2.75) is 25.3 Å². The van der Waals surface area contributed by atoms with Crippen molar-refractivity contribution < 1.29 is 8.42 Å². The van der Waals surface area contributed by atoms with Crippen molar-refractivity contribution in [2.24, 2.45) is 5.92 Å². The van der Waals surface area contributed by atoms with Crippen molar-refractivity contribution in [3.8, 4) is 11.3 Å². The summed E-state index contributed by atoms with van der Waals surface area (Å²) < 4.78 is 24.8. The quantitative estimate of drug-likeness (QED) is 0.686. The van der Waals surface area contributed by atoms with Crippen molar-refractivity contribution in [1.82, 2.24) is 14.5 Å². The minimum absolute atomic E-state index is 0.0455. The fraction of sp³-hybridized carbons (Fsp3) is 0.250. The molecule has 0 amide bonds. The van der Waals surface area contributed by atoms with Gasteiger partial charge in [0.2, 0.25) is 5.95 Å². The third-order valence-electron chi connectivity index (χ3n) is 4.04. The Bertz CT molecular complexity index is 1140. The maximum Gasteiger partial charge on any atom is 0.250 e. The van der Waals surface area contributed by atoms with Crippen LogP contribution in [0.2, 0.25) is 0 Å². The number of hydrogen-bond donors (Lipinski definition) is 1. The topological polar surface area (TPSA) is 93.9 Å². The van der Waals surface area contributed by atoms with Crippen LogP contribution >= 0.6 is 0 Å². The van der Waals surface area contributed by atoms with E-state index in [1.54, 1.807) is 41.2 Å². The smallest absolute Gasteiger partial charge is 0.250 e. The van der Waals surface area contributed by atoms with E-state index in [1.807, 2.05) is 0 Å². The Morgan fingerprint density at radius 3 is 2.43 bits per heavy atom. The summed E-state index contributed by atoms with van der Waals surface area (Å²) in [5.41, 5.74) is 2.13. The second-order valence-electron chi connectivity index (χ2n) is 6.99. The Morgan fingerprint density at radius 2 is 1.79 bits per heavy atom. The van der Waals surface area contributed by atoms with E-state index in [0.717, 1.165) is 5.56 Å². The van der Waals surface area contributed by atoms with Crippen LogP contribution in [0.3, 0.4) is 0 Å². The summed E-state index contributed by atoms with van der Waals surface area (Å²) in [6, 6.07) is 11.4. The third-order valence-corrected chi connectivity index (χ3v) is 5.16. The van der Waals surface area contributed by atoms with E-state index in [0.29, 0.717) is 29.8 Å². The molecule has 2 aromatic heterocycles. The van der Waals surface area contributed by atoms with E-state index in [1.165, 1.54) is 24.5 Å². The average Bonchev–Trinajstić information content (AvgIpc) is 2.63. The molecule has 3 aromatic rings. The van der Waals surface area contributed by atoms with Gasteiger partial charge >= 0.3 is 0 Å². The van der Waals surface area contributed by atoms with Gasteiger partial charge in [-0.05, 0) is 42.3 Å². The average molecular weight is 398 g/mol. The van der Waals surface area contributed by atoms with E-state index >= 15 is 0 Å². The summed E-state index contributed by atoms with van der Waals surface area (Å²) in [6.07, 6.45) is 4.60. The summed E-state index contributed by atoms with van der Waals surface area (Å²) in [6.45, 7) is 4.75. The Hall–Kier alpha value is -3.00. The third kappa shape index (κ3) is 4.83. The highest BCUT2D eigenvalue weighted by Gasteiger charge is 2.08. The van der Waals surface area contributed by atoms with E-state index < -0.39 is 9.84 Å². The monoisotopic (exact) mass is 398 g/mol. The van der Waals surface area contributed by atoms with Gasteiger partial charge in [0.05, 0.1) is 10.6 Å². The maximum atomic E-state index is 12.0. The summed E-state index contributed by atoms with van der Waals surface area (Å²) in [5, 5.41) is 3.07. The first-order valence-electron chi connectivity index (χ1n) is 8.83. The molecule has 0 fully saturated rings. The van der Waals surface area contributed by atoms with E-state index in [4.69, 9.17) is 0 Å². The summed E-state index contributed by atoms with van der Waals surface area (Å²) >= 11 is 0. The van der Waals surface area contributed by atoms with Gasteiger partial charge in [0, 0.05) is 42.5 Å². The molecule has 0 radical (unpaired) electrons. The number of anilines is 2. The van der Waals surface area contributed by atoms with Crippen LogP contribution < -0.4 is 10.9 Å². The molecule has 0 saturated heterocycles. The van der Waals surface area contributed by atoms with Crippen molar-refractivity contribution in [2.75, 3.05) is 11.6 Å². The van der Waals surface area contributed by atoms with E-state index in [-0.39, 0.29) is 10.5 Å². The Labute approximate surface area is 164 Å². The first-order valence-corrected chi connectivity index (χ1v) is 10.7. The molecule has 0 aliphatic rings. The van der Waals surface area contributed by atoms with E-state index in [9.17, 15) is 13.2 Å². The van der Waals surface area contributed by atoms with Crippen molar-refractivity contribution >= 4 is 21.5 Å². The van der Waals surface area contributed by atoms with Gasteiger partial charge < -0.3 is 9.88 Å². The van der Waals surface area contributed by atoms with Gasteiger partial charge in [-0.15, -0.1) is 0 Å². The molecule has 1 aromatic carbocycles. The van der Waals surface area contributed by atoms with Gasteiger partial charge in [-0.3, -0.25) is 4.79 Å². The molecule has 0 aliphatic carbocycles. The lowest BCUT2D eigenvalue weighted by Crippen LogP contribution is -2.21. The lowest BCUT2D eigenvalue weighted by Gasteiger charge is -2.11. The molecule has 0 bridgehead atoms. The van der Waals surface area contributed by atoms with Gasteiger partial charge in [-0.2, -0.15) is 0 Å². The van der Waals surface area contributed by atoms with Gasteiger partial charge in [0.25, 0.3) is 5.56 Å². The molecule has 8 heteroatoms. The van der Waals surface area contributed by atoms with Crippen LogP contribution in [-0.4, -0.2) is 29.2 Å². The zero-order valence-corrected chi connectivity index (χ0v) is 16.8. The van der Waals surface area contributed by atoms with Gasteiger partial charge in [-0.1, -0.05) is 13.8 Å². The molecule has 1 N–H and O–H groups in total. The molecular weight excluding hydrogens is 376 g/mol. The Morgan fingerprint density at radius 1 is 1.07 bits per heavy atom. The first-order chi connectivity index (χ1) is 13.2. The standard InChI is InChI=1S/C20H22N4O3S/c1-14(2)12-24-13-15(4-9-19(24)25)18-10-11-21-20(23-18)22-16-5-7-17(8-6-16)28(3,26)27/h4-11,13-14H,12H2,1-3H3,(H,21,22,23). The van der Waals surface area contributed by atoms with Crippen molar-refractivity contribution in [3.63, 3.8) is 0 Å². The second-order valence-corrected chi connectivity index (χ2v) is 9.00. The lowest BCUT2D eigenvalue weighted by molar-refractivity contribution is 0.511. The predicted molar refractivity (Wildman–Crippen MR) is 109 cm³/mol. The van der Waals surface area contributed by atoms with Crippen LogP contribution in [0.5, 0.6) is 0 Å². The molecular formula is C20H22N4O3S. The number of rotatable bonds is 6. The molecule has 2 heterocycles. The van der Waals surface area contributed by atoms with Gasteiger partial charge in [-0.25, -0.2) is 18.4 Å². The largest absolute Gasteiger partial charge is 0.324 e. The zero-order valence-electron chi connectivity index (χ0n) is 16.0. The van der Waals surface area contributed by atoms with Gasteiger partial charge in [0.1, 0.15) is 0 Å². The molecule has 0 saturated carbocycles. The lowest BCUT2D eigenvalue weighted by atomic mass is 10.2. The van der Waals surface area contributed by atoms with Crippen LogP contribution in [0, 0.1) is 5.92 Å². The first kappa shape index (κ1) is 19.8.